The molecule has 2 fully saturated rings. The van der Waals surface area contributed by atoms with Crippen LogP contribution in [0.15, 0.2) is 54.6 Å². The number of likely N-dealkylation sites (tertiary alicyclic amines) is 2. The third kappa shape index (κ3) is 7.36. The predicted molar refractivity (Wildman–Crippen MR) is 137 cm³/mol. The summed E-state index contributed by atoms with van der Waals surface area (Å²) in [6, 6.07) is 13.2. The van der Waals surface area contributed by atoms with Gasteiger partial charge in [-0.2, -0.15) is 13.2 Å². The SMILES string of the molecule is COc1ccc(C2CCN(CC(O)C3CCN(C(=O)C=Cc4cccc(C(F)(F)F)c4)CC3)CC2)cc1. The number of carbonyl (C=O) groups excluding carboxylic acids is 1. The fourth-order valence-electron chi connectivity index (χ4n) is 5.33. The monoisotopic (exact) mass is 516 g/mol. The Labute approximate surface area is 216 Å². The van der Waals surface area contributed by atoms with Crippen molar-refractivity contribution in [3.63, 3.8) is 0 Å². The van der Waals surface area contributed by atoms with Gasteiger partial charge in [0.2, 0.25) is 5.91 Å². The average Bonchev–Trinajstić information content (AvgIpc) is 2.92. The second-order valence-corrected chi connectivity index (χ2v) is 10.0. The van der Waals surface area contributed by atoms with E-state index in [1.54, 1.807) is 18.1 Å². The van der Waals surface area contributed by atoms with Gasteiger partial charge in [0.15, 0.2) is 0 Å². The smallest absolute Gasteiger partial charge is 0.416 e. The third-order valence-electron chi connectivity index (χ3n) is 7.65. The van der Waals surface area contributed by atoms with Crippen molar-refractivity contribution < 1.29 is 27.8 Å². The number of ether oxygens (including phenoxy) is 1. The molecular weight excluding hydrogens is 481 g/mol. The van der Waals surface area contributed by atoms with Gasteiger partial charge in [-0.15, -0.1) is 0 Å². The van der Waals surface area contributed by atoms with Crippen molar-refractivity contribution in [2.75, 3.05) is 39.8 Å². The molecule has 200 valence electrons. The number of carbonyl (C=O) groups is 1. The summed E-state index contributed by atoms with van der Waals surface area (Å²) in [7, 11) is 1.67. The summed E-state index contributed by atoms with van der Waals surface area (Å²) < 4.78 is 43.9. The van der Waals surface area contributed by atoms with Crippen molar-refractivity contribution >= 4 is 12.0 Å². The number of piperidine rings is 2. The first-order chi connectivity index (χ1) is 17.7. The molecule has 2 aromatic carbocycles. The number of hydrogen-bond acceptors (Lipinski definition) is 4. The third-order valence-corrected chi connectivity index (χ3v) is 7.65. The quantitative estimate of drug-likeness (QED) is 0.514. The lowest BCUT2D eigenvalue weighted by Gasteiger charge is -2.38. The maximum absolute atomic E-state index is 12.9. The van der Waals surface area contributed by atoms with Gasteiger partial charge in [-0.3, -0.25) is 4.79 Å². The van der Waals surface area contributed by atoms with E-state index in [-0.39, 0.29) is 11.8 Å². The van der Waals surface area contributed by atoms with Crippen LogP contribution in [-0.4, -0.2) is 66.8 Å². The molecule has 8 heteroatoms. The summed E-state index contributed by atoms with van der Waals surface area (Å²) in [6.45, 7) is 3.61. The molecule has 1 N–H and O–H groups in total. The molecule has 4 rings (SSSR count). The molecular formula is C29H35F3N2O3. The molecule has 1 unspecified atom stereocenters. The zero-order valence-corrected chi connectivity index (χ0v) is 21.2. The Morgan fingerprint density at radius 3 is 2.35 bits per heavy atom. The van der Waals surface area contributed by atoms with E-state index in [1.807, 2.05) is 12.1 Å². The number of benzene rings is 2. The summed E-state index contributed by atoms with van der Waals surface area (Å²) >= 11 is 0. The molecule has 0 aromatic heterocycles. The molecule has 1 atom stereocenters. The first-order valence-corrected chi connectivity index (χ1v) is 12.9. The van der Waals surface area contributed by atoms with E-state index in [0.29, 0.717) is 44.0 Å². The van der Waals surface area contributed by atoms with E-state index in [4.69, 9.17) is 4.74 Å². The minimum Gasteiger partial charge on any atom is -0.497 e. The highest BCUT2D eigenvalue weighted by Gasteiger charge is 2.31. The van der Waals surface area contributed by atoms with Crippen LogP contribution in [0.25, 0.3) is 6.08 Å². The lowest BCUT2D eigenvalue weighted by Crippen LogP contribution is -2.45. The predicted octanol–water partition coefficient (Wildman–Crippen LogP) is 5.21. The Morgan fingerprint density at radius 2 is 1.73 bits per heavy atom. The van der Waals surface area contributed by atoms with Gasteiger partial charge in [-0.05, 0) is 92.1 Å². The number of alkyl halides is 3. The molecule has 2 heterocycles. The highest BCUT2D eigenvalue weighted by Crippen LogP contribution is 2.31. The number of amides is 1. The second kappa shape index (κ2) is 12.1. The van der Waals surface area contributed by atoms with Gasteiger partial charge < -0.3 is 19.6 Å². The van der Waals surface area contributed by atoms with E-state index in [2.05, 4.69) is 17.0 Å². The molecule has 0 aliphatic carbocycles. The van der Waals surface area contributed by atoms with Crippen LogP contribution in [0.5, 0.6) is 5.75 Å². The molecule has 1 amide bonds. The van der Waals surface area contributed by atoms with E-state index in [0.717, 1.165) is 43.8 Å². The molecule has 37 heavy (non-hydrogen) atoms. The second-order valence-electron chi connectivity index (χ2n) is 10.0. The van der Waals surface area contributed by atoms with Crippen molar-refractivity contribution in [3.05, 3.63) is 71.3 Å². The first kappa shape index (κ1) is 27.2. The van der Waals surface area contributed by atoms with Crippen molar-refractivity contribution in [1.29, 1.82) is 0 Å². The molecule has 0 bridgehead atoms. The minimum atomic E-state index is -4.41. The fraction of sp³-hybridized carbons (Fsp3) is 0.483. The summed E-state index contributed by atoms with van der Waals surface area (Å²) in [5, 5.41) is 10.9. The van der Waals surface area contributed by atoms with Gasteiger partial charge in [0.25, 0.3) is 0 Å². The highest BCUT2D eigenvalue weighted by atomic mass is 19.4. The van der Waals surface area contributed by atoms with E-state index in [9.17, 15) is 23.1 Å². The number of nitrogens with zero attached hydrogens (tertiary/aromatic N) is 2. The van der Waals surface area contributed by atoms with Crippen LogP contribution in [0.3, 0.4) is 0 Å². The standard InChI is InChI=1S/C29H35F3N2O3/c1-37-26-8-6-22(7-9-26)23-11-15-33(16-12-23)20-27(35)24-13-17-34(18-14-24)28(36)10-5-21-3-2-4-25(19-21)29(30,31)32/h2-10,19,23-24,27,35H,11-18,20H2,1H3. The maximum Gasteiger partial charge on any atom is 0.416 e. The van der Waals surface area contributed by atoms with Crippen molar-refractivity contribution in [2.45, 2.75) is 43.9 Å². The largest absolute Gasteiger partial charge is 0.497 e. The van der Waals surface area contributed by atoms with Gasteiger partial charge in [0.1, 0.15) is 5.75 Å². The molecule has 2 aliphatic rings. The molecule has 0 saturated carbocycles. The van der Waals surface area contributed by atoms with Crippen LogP contribution in [0, 0.1) is 5.92 Å². The number of halogens is 3. The molecule has 0 radical (unpaired) electrons. The Balaban J connectivity index is 1.20. The van der Waals surface area contributed by atoms with Crippen LogP contribution < -0.4 is 4.74 Å². The maximum atomic E-state index is 12.9. The van der Waals surface area contributed by atoms with Gasteiger partial charge in [0, 0.05) is 25.7 Å². The summed E-state index contributed by atoms with van der Waals surface area (Å²) in [5.74, 6) is 1.31. The lowest BCUT2D eigenvalue weighted by atomic mass is 9.88. The Hall–Kier alpha value is -2.84. The molecule has 2 aromatic rings. The van der Waals surface area contributed by atoms with E-state index >= 15 is 0 Å². The number of hydrogen-bond donors (Lipinski definition) is 1. The summed E-state index contributed by atoms with van der Waals surface area (Å²) in [4.78, 5) is 16.6. The zero-order valence-electron chi connectivity index (χ0n) is 21.2. The number of β-amino-alcohol motifs (C(OH)–C–C–N with tert-alkyl or cyclic N) is 1. The fourth-order valence-corrected chi connectivity index (χ4v) is 5.33. The van der Waals surface area contributed by atoms with Gasteiger partial charge in [-0.25, -0.2) is 0 Å². The van der Waals surface area contributed by atoms with E-state index < -0.39 is 17.8 Å². The van der Waals surface area contributed by atoms with Gasteiger partial charge >= 0.3 is 6.18 Å². The lowest BCUT2D eigenvalue weighted by molar-refractivity contribution is -0.137. The van der Waals surface area contributed by atoms with Crippen LogP contribution in [0.2, 0.25) is 0 Å². The summed E-state index contributed by atoms with van der Waals surface area (Å²) in [5.41, 5.74) is 0.936. The number of rotatable bonds is 7. The minimum absolute atomic E-state index is 0.135. The first-order valence-electron chi connectivity index (χ1n) is 12.9. The normalized spacial score (nSPS) is 19.3. The molecule has 2 saturated heterocycles. The van der Waals surface area contributed by atoms with Gasteiger partial charge in [0.05, 0.1) is 18.8 Å². The zero-order chi connectivity index (χ0) is 26.4. The van der Waals surface area contributed by atoms with E-state index in [1.165, 1.54) is 23.8 Å². The van der Waals surface area contributed by atoms with Crippen LogP contribution in [0.1, 0.15) is 48.3 Å². The Kier molecular flexibility index (Phi) is 8.92. The number of aliphatic hydroxyl groups is 1. The topological polar surface area (TPSA) is 53.0 Å². The van der Waals surface area contributed by atoms with Crippen LogP contribution in [0.4, 0.5) is 13.2 Å². The number of aliphatic hydroxyl groups excluding tert-OH is 1. The molecule has 5 nitrogen and oxygen atoms in total. The van der Waals surface area contributed by atoms with Crippen molar-refractivity contribution in [3.8, 4) is 5.75 Å². The average molecular weight is 517 g/mol. The highest BCUT2D eigenvalue weighted by molar-refractivity contribution is 5.91. The van der Waals surface area contributed by atoms with Gasteiger partial charge in [-0.1, -0.05) is 24.3 Å². The van der Waals surface area contributed by atoms with Crippen molar-refractivity contribution in [2.24, 2.45) is 5.92 Å². The molecule has 2 aliphatic heterocycles. The molecule has 0 spiro atoms. The van der Waals surface area contributed by atoms with Crippen LogP contribution in [-0.2, 0) is 11.0 Å². The number of methoxy groups -OCH3 is 1. The Morgan fingerprint density at radius 1 is 1.05 bits per heavy atom. The Bertz CT molecular complexity index is 1050. The summed E-state index contributed by atoms with van der Waals surface area (Å²) in [6.07, 6.45) is 1.46. The van der Waals surface area contributed by atoms with Crippen LogP contribution >= 0.6 is 0 Å². The van der Waals surface area contributed by atoms with Crippen molar-refractivity contribution in [1.82, 2.24) is 9.80 Å².